The first kappa shape index (κ1) is 22.2. The molecule has 1 saturated heterocycles. The fourth-order valence-electron chi connectivity index (χ4n) is 3.22. The summed E-state index contributed by atoms with van der Waals surface area (Å²) < 4.78 is 66.0. The van der Waals surface area contributed by atoms with Crippen molar-refractivity contribution < 1.29 is 26.3 Å². The van der Waals surface area contributed by atoms with Gasteiger partial charge in [0.25, 0.3) is 10.0 Å². The normalized spacial score (nSPS) is 16.3. The quantitative estimate of drug-likeness (QED) is 0.689. The van der Waals surface area contributed by atoms with Crippen LogP contribution >= 0.6 is 0 Å². The molecule has 0 aromatic heterocycles. The summed E-state index contributed by atoms with van der Waals surface area (Å²) in [6.07, 6.45) is 1.16. The number of para-hydroxylation sites is 2. The van der Waals surface area contributed by atoms with E-state index in [0.717, 1.165) is 0 Å². The largest absolute Gasteiger partial charge is 0.495 e. The molecule has 0 spiro atoms. The van der Waals surface area contributed by atoms with Gasteiger partial charge in [0.2, 0.25) is 10.0 Å². The topological polar surface area (TPSA) is 102 Å². The van der Waals surface area contributed by atoms with Crippen LogP contribution in [-0.4, -0.2) is 42.3 Å². The SMILES string of the molecule is COc1ccc(N2CCCCS2(=O)=O)cc1S(=O)(=O)Nc1ccccc1OC(C)C. The number of nitrogens with zero attached hydrogens (tertiary/aromatic N) is 1. The molecule has 3 rings (SSSR count). The molecule has 0 aliphatic carbocycles. The molecule has 2 aromatic rings. The van der Waals surface area contributed by atoms with Crippen molar-refractivity contribution in [2.24, 2.45) is 0 Å². The molecule has 0 radical (unpaired) electrons. The van der Waals surface area contributed by atoms with Crippen molar-refractivity contribution in [1.29, 1.82) is 0 Å². The summed E-state index contributed by atoms with van der Waals surface area (Å²) in [5.74, 6) is 0.548. The van der Waals surface area contributed by atoms with Crippen molar-refractivity contribution in [3.63, 3.8) is 0 Å². The van der Waals surface area contributed by atoms with Crippen LogP contribution in [0.1, 0.15) is 26.7 Å². The Kier molecular flexibility index (Phi) is 6.47. The van der Waals surface area contributed by atoms with Gasteiger partial charge in [-0.25, -0.2) is 16.8 Å². The van der Waals surface area contributed by atoms with Gasteiger partial charge in [-0.05, 0) is 57.0 Å². The maximum Gasteiger partial charge on any atom is 0.265 e. The van der Waals surface area contributed by atoms with Crippen LogP contribution in [0.2, 0.25) is 0 Å². The zero-order valence-corrected chi connectivity index (χ0v) is 18.8. The van der Waals surface area contributed by atoms with Crippen LogP contribution in [0, 0.1) is 0 Å². The summed E-state index contributed by atoms with van der Waals surface area (Å²) in [5.41, 5.74) is 0.576. The second-order valence-corrected chi connectivity index (χ2v) is 10.9. The molecule has 0 amide bonds. The van der Waals surface area contributed by atoms with Crippen LogP contribution < -0.4 is 18.5 Å². The minimum absolute atomic E-state index is 0.0410. The van der Waals surface area contributed by atoms with Crippen LogP contribution in [0.15, 0.2) is 47.4 Å². The number of sulfonamides is 2. The van der Waals surface area contributed by atoms with Crippen LogP contribution in [0.5, 0.6) is 11.5 Å². The molecule has 1 heterocycles. The van der Waals surface area contributed by atoms with Crippen LogP contribution in [0.4, 0.5) is 11.4 Å². The molecule has 1 N–H and O–H groups in total. The molecule has 0 atom stereocenters. The Labute approximate surface area is 177 Å². The van der Waals surface area contributed by atoms with Gasteiger partial charge < -0.3 is 9.47 Å². The van der Waals surface area contributed by atoms with Gasteiger partial charge in [0.05, 0.1) is 30.3 Å². The van der Waals surface area contributed by atoms with E-state index >= 15 is 0 Å². The van der Waals surface area contributed by atoms with Gasteiger partial charge in [0.1, 0.15) is 16.4 Å². The molecular weight excluding hydrogens is 428 g/mol. The molecule has 164 valence electrons. The molecule has 0 bridgehead atoms. The number of rotatable bonds is 7. The highest BCUT2D eigenvalue weighted by molar-refractivity contribution is 7.93. The molecule has 2 aromatic carbocycles. The lowest BCUT2D eigenvalue weighted by Gasteiger charge is -2.28. The third-order valence-corrected chi connectivity index (χ3v) is 7.82. The standard InChI is InChI=1S/C20H26N2O6S2/c1-15(2)28-18-9-5-4-8-17(18)21-30(25,26)20-14-16(10-11-19(20)27-3)22-12-6-7-13-29(22,23)24/h4-5,8-11,14-15,21H,6-7,12-13H2,1-3H3. The molecule has 1 aliphatic rings. The summed E-state index contributed by atoms with van der Waals surface area (Å²) in [4.78, 5) is -0.150. The fraction of sp³-hybridized carbons (Fsp3) is 0.400. The van der Waals surface area contributed by atoms with E-state index in [0.29, 0.717) is 30.8 Å². The van der Waals surface area contributed by atoms with Crippen LogP contribution in [0.3, 0.4) is 0 Å². The van der Waals surface area contributed by atoms with Gasteiger partial charge in [0, 0.05) is 6.54 Å². The lowest BCUT2D eigenvalue weighted by Crippen LogP contribution is -2.37. The molecular formula is C20H26N2O6S2. The lowest BCUT2D eigenvalue weighted by molar-refractivity contribution is 0.244. The van der Waals surface area contributed by atoms with E-state index in [4.69, 9.17) is 9.47 Å². The van der Waals surface area contributed by atoms with E-state index in [-0.39, 0.29) is 28.2 Å². The molecule has 0 unspecified atom stereocenters. The zero-order valence-electron chi connectivity index (χ0n) is 17.2. The highest BCUT2D eigenvalue weighted by Crippen LogP contribution is 2.34. The van der Waals surface area contributed by atoms with Crippen molar-refractivity contribution in [1.82, 2.24) is 0 Å². The molecule has 30 heavy (non-hydrogen) atoms. The van der Waals surface area contributed by atoms with Crippen molar-refractivity contribution in [2.75, 3.05) is 28.4 Å². The number of benzene rings is 2. The van der Waals surface area contributed by atoms with Gasteiger partial charge in [-0.15, -0.1) is 0 Å². The summed E-state index contributed by atoms with van der Waals surface area (Å²) in [6.45, 7) is 4.00. The minimum atomic E-state index is -4.09. The Morgan fingerprint density at radius 3 is 2.47 bits per heavy atom. The number of methoxy groups -OCH3 is 1. The molecule has 8 nitrogen and oxygen atoms in total. The first-order chi connectivity index (χ1) is 14.1. The van der Waals surface area contributed by atoms with E-state index in [1.165, 1.54) is 23.5 Å². The maximum atomic E-state index is 13.2. The van der Waals surface area contributed by atoms with Crippen LogP contribution in [0.25, 0.3) is 0 Å². The smallest absolute Gasteiger partial charge is 0.265 e. The minimum Gasteiger partial charge on any atom is -0.495 e. The Bertz CT molecular complexity index is 1110. The second kappa shape index (κ2) is 8.73. The monoisotopic (exact) mass is 454 g/mol. The first-order valence-corrected chi connectivity index (χ1v) is 12.7. The second-order valence-electron chi connectivity index (χ2n) is 7.20. The lowest BCUT2D eigenvalue weighted by atomic mass is 10.2. The Morgan fingerprint density at radius 1 is 1.07 bits per heavy atom. The maximum absolute atomic E-state index is 13.2. The van der Waals surface area contributed by atoms with Crippen molar-refractivity contribution in [2.45, 2.75) is 37.7 Å². The van der Waals surface area contributed by atoms with Gasteiger partial charge in [0.15, 0.2) is 0 Å². The average Bonchev–Trinajstić information content (AvgIpc) is 2.68. The number of hydrogen-bond donors (Lipinski definition) is 1. The molecule has 10 heteroatoms. The van der Waals surface area contributed by atoms with Crippen molar-refractivity contribution in [3.05, 3.63) is 42.5 Å². The third-order valence-electron chi connectivity index (χ3n) is 4.57. The van der Waals surface area contributed by atoms with Gasteiger partial charge in [-0.3, -0.25) is 9.03 Å². The van der Waals surface area contributed by atoms with E-state index in [2.05, 4.69) is 4.72 Å². The Hall–Kier alpha value is -2.46. The van der Waals surface area contributed by atoms with E-state index in [1.54, 1.807) is 30.3 Å². The Morgan fingerprint density at radius 2 is 1.80 bits per heavy atom. The number of anilines is 2. The van der Waals surface area contributed by atoms with Gasteiger partial charge >= 0.3 is 0 Å². The van der Waals surface area contributed by atoms with Crippen LogP contribution in [-0.2, 0) is 20.0 Å². The van der Waals surface area contributed by atoms with Gasteiger partial charge in [-0.1, -0.05) is 12.1 Å². The van der Waals surface area contributed by atoms with Crippen molar-refractivity contribution in [3.8, 4) is 11.5 Å². The van der Waals surface area contributed by atoms with Crippen molar-refractivity contribution >= 4 is 31.4 Å². The predicted molar refractivity (Wildman–Crippen MR) is 116 cm³/mol. The number of hydrogen-bond acceptors (Lipinski definition) is 6. The summed E-state index contributed by atoms with van der Waals surface area (Å²) in [6, 6.07) is 11.1. The molecule has 1 fully saturated rings. The molecule has 1 aliphatic heterocycles. The number of ether oxygens (including phenoxy) is 2. The van der Waals surface area contributed by atoms with E-state index in [9.17, 15) is 16.8 Å². The first-order valence-electron chi connectivity index (χ1n) is 9.61. The summed E-state index contributed by atoms with van der Waals surface area (Å²) in [7, 11) is -6.21. The number of nitrogens with one attached hydrogen (secondary N) is 1. The van der Waals surface area contributed by atoms with E-state index in [1.807, 2.05) is 13.8 Å². The zero-order chi connectivity index (χ0) is 21.9. The highest BCUT2D eigenvalue weighted by atomic mass is 32.2. The fourth-order valence-corrected chi connectivity index (χ4v) is 6.11. The third kappa shape index (κ3) is 4.81. The van der Waals surface area contributed by atoms with Gasteiger partial charge in [-0.2, -0.15) is 0 Å². The van der Waals surface area contributed by atoms with E-state index < -0.39 is 20.0 Å². The Balaban J connectivity index is 2.02. The average molecular weight is 455 g/mol. The predicted octanol–water partition coefficient (Wildman–Crippen LogP) is 3.21. The summed E-state index contributed by atoms with van der Waals surface area (Å²) >= 11 is 0. The summed E-state index contributed by atoms with van der Waals surface area (Å²) in [5, 5.41) is 0. The molecule has 0 saturated carbocycles. The highest BCUT2D eigenvalue weighted by Gasteiger charge is 2.29.